The maximum absolute atomic E-state index is 13.9. The summed E-state index contributed by atoms with van der Waals surface area (Å²) in [6.07, 6.45) is 5.36. The Morgan fingerprint density at radius 3 is 2.26 bits per heavy atom. The fraction of sp³-hybridized carbons (Fsp3) is 0.677. The van der Waals surface area contributed by atoms with Crippen LogP contribution in [0.5, 0.6) is 5.75 Å². The standard InChI is InChI=1S/C31H42N2O6/c1-16(2)23(15-34)22-10-20-9-21-19(14-33(12-17-3-4-17)13-18-5-6-18)7-8-24(35)28(21)30(38)27(20)31(39)29(22)25(36)11-26(32)37/h7-8,16-18,20,22-23,27,29,34-35H,3-6,9-15H2,1-2H3,(H2,32,37). The normalized spacial score (nSPS) is 27.4. The molecule has 8 heteroatoms. The minimum atomic E-state index is -1.17. The molecule has 0 bridgehead atoms. The predicted molar refractivity (Wildman–Crippen MR) is 145 cm³/mol. The summed E-state index contributed by atoms with van der Waals surface area (Å²) in [7, 11) is 0. The monoisotopic (exact) mass is 538 g/mol. The van der Waals surface area contributed by atoms with E-state index in [-0.39, 0.29) is 35.7 Å². The SMILES string of the molecule is CC(C)C(CO)C1CC2Cc3c(CN(CC4CC4)CC4CC4)ccc(O)c3C(=O)C2C(=O)C1C(=O)CC(N)=O. The van der Waals surface area contributed by atoms with E-state index >= 15 is 0 Å². The van der Waals surface area contributed by atoms with Gasteiger partial charge in [0, 0.05) is 26.2 Å². The second kappa shape index (κ2) is 11.1. The Kier molecular flexibility index (Phi) is 7.98. The van der Waals surface area contributed by atoms with Crippen molar-refractivity contribution in [3.8, 4) is 5.75 Å². The van der Waals surface area contributed by atoms with Crippen molar-refractivity contribution in [3.05, 3.63) is 28.8 Å². The summed E-state index contributed by atoms with van der Waals surface area (Å²) in [5.41, 5.74) is 7.35. The molecule has 3 saturated carbocycles. The van der Waals surface area contributed by atoms with Crippen LogP contribution >= 0.6 is 0 Å². The molecule has 5 rings (SSSR count). The topological polar surface area (TPSA) is 138 Å². The first kappa shape index (κ1) is 28.0. The van der Waals surface area contributed by atoms with Crippen molar-refractivity contribution in [2.24, 2.45) is 53.1 Å². The van der Waals surface area contributed by atoms with Gasteiger partial charge in [0.1, 0.15) is 5.75 Å². The molecule has 0 radical (unpaired) electrons. The lowest BCUT2D eigenvalue weighted by Gasteiger charge is -2.45. The van der Waals surface area contributed by atoms with E-state index in [1.807, 2.05) is 19.9 Å². The van der Waals surface area contributed by atoms with Crippen molar-refractivity contribution < 1.29 is 29.4 Å². The fourth-order valence-corrected chi connectivity index (χ4v) is 7.27. The van der Waals surface area contributed by atoms with Crippen LogP contribution in [0.1, 0.15) is 73.9 Å². The number of amides is 1. The van der Waals surface area contributed by atoms with Crippen LogP contribution in [0, 0.1) is 47.3 Å². The zero-order chi connectivity index (χ0) is 28.0. The summed E-state index contributed by atoms with van der Waals surface area (Å²) in [5, 5.41) is 21.0. The van der Waals surface area contributed by atoms with Crippen LogP contribution in [0.3, 0.4) is 0 Å². The molecule has 4 N–H and O–H groups in total. The van der Waals surface area contributed by atoms with Crippen LogP contribution < -0.4 is 5.73 Å². The number of aliphatic hydroxyl groups excluding tert-OH is 1. The number of carbonyl (C=O) groups excluding carboxylic acids is 4. The summed E-state index contributed by atoms with van der Waals surface area (Å²) < 4.78 is 0. The maximum atomic E-state index is 13.9. The Morgan fingerprint density at radius 1 is 1.08 bits per heavy atom. The van der Waals surface area contributed by atoms with E-state index in [1.54, 1.807) is 6.07 Å². The number of aromatic hydroxyl groups is 1. The summed E-state index contributed by atoms with van der Waals surface area (Å²) in [6.45, 7) is 6.49. The minimum Gasteiger partial charge on any atom is -0.507 e. The van der Waals surface area contributed by atoms with Crippen molar-refractivity contribution in [3.63, 3.8) is 0 Å². The van der Waals surface area contributed by atoms with E-state index in [9.17, 15) is 29.4 Å². The Morgan fingerprint density at radius 2 is 1.72 bits per heavy atom. The summed E-state index contributed by atoms with van der Waals surface area (Å²) in [6, 6.07) is 3.48. The van der Waals surface area contributed by atoms with Crippen molar-refractivity contribution in [1.82, 2.24) is 4.90 Å². The number of nitrogens with zero attached hydrogens (tertiary/aromatic N) is 1. The lowest BCUT2D eigenvalue weighted by Crippen LogP contribution is -2.53. The third-order valence-electron chi connectivity index (χ3n) is 9.60. The molecule has 0 aliphatic heterocycles. The van der Waals surface area contributed by atoms with Crippen molar-refractivity contribution in [1.29, 1.82) is 0 Å². The molecule has 0 aromatic heterocycles. The van der Waals surface area contributed by atoms with Crippen LogP contribution in [0.15, 0.2) is 12.1 Å². The van der Waals surface area contributed by atoms with E-state index in [2.05, 4.69) is 4.90 Å². The first-order chi connectivity index (χ1) is 18.6. The van der Waals surface area contributed by atoms with Crippen LogP contribution in [-0.4, -0.2) is 58.1 Å². The highest BCUT2D eigenvalue weighted by molar-refractivity contribution is 6.20. The highest BCUT2D eigenvalue weighted by atomic mass is 16.3. The quantitative estimate of drug-likeness (QED) is 0.348. The number of aliphatic hydroxyl groups is 1. The van der Waals surface area contributed by atoms with E-state index in [0.717, 1.165) is 36.1 Å². The Bertz CT molecular complexity index is 1140. The number of phenols is 1. The predicted octanol–water partition coefficient (Wildman–Crippen LogP) is 2.90. The second-order valence-electron chi connectivity index (χ2n) is 13.0. The Hall–Kier alpha value is -2.58. The van der Waals surface area contributed by atoms with Gasteiger partial charge >= 0.3 is 0 Å². The molecule has 5 unspecified atom stereocenters. The summed E-state index contributed by atoms with van der Waals surface area (Å²) in [5.74, 6) is -4.32. The van der Waals surface area contributed by atoms with Crippen LogP contribution in [0.2, 0.25) is 0 Å². The molecule has 8 nitrogen and oxygen atoms in total. The third-order valence-corrected chi connectivity index (χ3v) is 9.60. The first-order valence-electron chi connectivity index (χ1n) is 14.6. The van der Waals surface area contributed by atoms with E-state index in [4.69, 9.17) is 5.73 Å². The highest BCUT2D eigenvalue weighted by Crippen LogP contribution is 2.49. The average molecular weight is 539 g/mol. The third kappa shape index (κ3) is 5.82. The number of hydrogen-bond donors (Lipinski definition) is 3. The van der Waals surface area contributed by atoms with Gasteiger partial charge in [0.25, 0.3) is 0 Å². The van der Waals surface area contributed by atoms with E-state index in [1.165, 1.54) is 25.7 Å². The second-order valence-corrected chi connectivity index (χ2v) is 13.0. The molecule has 0 heterocycles. The van der Waals surface area contributed by atoms with Gasteiger partial charge in [0.2, 0.25) is 5.91 Å². The number of primary amides is 1. The molecule has 1 amide bonds. The number of Topliss-reactive ketones (excluding diaryl/α,β-unsaturated/α-hetero) is 3. The van der Waals surface area contributed by atoms with Crippen LogP contribution in [0.4, 0.5) is 0 Å². The Balaban J connectivity index is 1.49. The lowest BCUT2D eigenvalue weighted by molar-refractivity contribution is -0.144. The van der Waals surface area contributed by atoms with Crippen LogP contribution in [-0.2, 0) is 27.3 Å². The number of hydrogen-bond acceptors (Lipinski definition) is 7. The summed E-state index contributed by atoms with van der Waals surface area (Å²) in [4.78, 5) is 55.1. The van der Waals surface area contributed by atoms with Gasteiger partial charge in [0.15, 0.2) is 17.3 Å². The molecule has 3 fully saturated rings. The van der Waals surface area contributed by atoms with Crippen molar-refractivity contribution in [2.75, 3.05) is 19.7 Å². The molecular formula is C31H42N2O6. The Labute approximate surface area is 230 Å². The minimum absolute atomic E-state index is 0.00202. The fourth-order valence-electron chi connectivity index (χ4n) is 7.27. The van der Waals surface area contributed by atoms with E-state index in [0.29, 0.717) is 19.4 Å². The molecule has 5 atom stereocenters. The van der Waals surface area contributed by atoms with Crippen molar-refractivity contribution >= 4 is 23.3 Å². The first-order valence-corrected chi connectivity index (χ1v) is 14.6. The van der Waals surface area contributed by atoms with Gasteiger partial charge in [0.05, 0.1) is 23.8 Å². The molecule has 0 spiro atoms. The van der Waals surface area contributed by atoms with Gasteiger partial charge in [-0.1, -0.05) is 19.9 Å². The molecule has 39 heavy (non-hydrogen) atoms. The molecule has 4 aliphatic carbocycles. The number of fused-ring (bicyclic) bond motifs is 2. The van der Waals surface area contributed by atoms with E-state index < -0.39 is 47.4 Å². The maximum Gasteiger partial charge on any atom is 0.224 e. The molecular weight excluding hydrogens is 496 g/mol. The zero-order valence-electron chi connectivity index (χ0n) is 23.1. The molecule has 0 saturated heterocycles. The number of carbonyl (C=O) groups is 4. The van der Waals surface area contributed by atoms with Crippen LogP contribution in [0.25, 0.3) is 0 Å². The van der Waals surface area contributed by atoms with Gasteiger partial charge in [-0.15, -0.1) is 0 Å². The smallest absolute Gasteiger partial charge is 0.224 e. The lowest BCUT2D eigenvalue weighted by atomic mass is 9.56. The number of benzene rings is 1. The molecule has 4 aliphatic rings. The number of rotatable bonds is 12. The summed E-state index contributed by atoms with van der Waals surface area (Å²) >= 11 is 0. The zero-order valence-corrected chi connectivity index (χ0v) is 23.1. The number of ketones is 3. The molecule has 212 valence electrons. The van der Waals surface area contributed by atoms with Gasteiger partial charge in [-0.05, 0) is 91.2 Å². The van der Waals surface area contributed by atoms with Gasteiger partial charge in [-0.25, -0.2) is 0 Å². The van der Waals surface area contributed by atoms with Gasteiger partial charge in [-0.2, -0.15) is 0 Å². The van der Waals surface area contributed by atoms with Gasteiger partial charge < -0.3 is 15.9 Å². The highest BCUT2D eigenvalue weighted by Gasteiger charge is 2.54. The molecule has 1 aromatic carbocycles. The van der Waals surface area contributed by atoms with Crippen molar-refractivity contribution in [2.45, 2.75) is 65.3 Å². The molecule has 1 aromatic rings. The number of nitrogens with two attached hydrogens (primary N) is 1. The van der Waals surface area contributed by atoms with Gasteiger partial charge in [-0.3, -0.25) is 24.1 Å². The largest absolute Gasteiger partial charge is 0.507 e. The average Bonchev–Trinajstić information content (AvgIpc) is 3.78. The number of phenolic OH excluding ortho intramolecular Hbond substituents is 1.